The summed E-state index contributed by atoms with van der Waals surface area (Å²) in [5.41, 5.74) is 10.4. The number of nitrogens with two attached hydrogens (primary N) is 1. The molecule has 0 saturated carbocycles. The van der Waals surface area contributed by atoms with Crippen LogP contribution in [0.3, 0.4) is 0 Å². The molecule has 0 fully saturated rings. The molecule has 34 heavy (non-hydrogen) atoms. The molecule has 3 amide bonds. The Morgan fingerprint density at radius 3 is 2.35 bits per heavy atom. The molecule has 0 saturated heterocycles. The number of rotatable bonds is 4. The van der Waals surface area contributed by atoms with E-state index in [2.05, 4.69) is 0 Å². The molecule has 0 radical (unpaired) electrons. The summed E-state index contributed by atoms with van der Waals surface area (Å²) in [4.78, 5) is 39.0. The quantitative estimate of drug-likeness (QED) is 0.286. The van der Waals surface area contributed by atoms with Gasteiger partial charge in [0.2, 0.25) is 0 Å². The molecule has 5 rings (SSSR count). The molecule has 0 spiro atoms. The maximum Gasteiger partial charge on any atom is 0.270 e. The number of imide groups is 3. The average molecular weight is 448 g/mol. The number of benzene rings is 3. The van der Waals surface area contributed by atoms with Gasteiger partial charge in [-0.1, -0.05) is 54.1 Å². The third kappa shape index (κ3) is 3.59. The fraction of sp³-hybridized carbons (Fsp3) is 0.0370. The molecule has 166 valence electrons. The maximum atomic E-state index is 12.9. The van der Waals surface area contributed by atoms with Crippen LogP contribution in [0.15, 0.2) is 85.1 Å². The van der Waals surface area contributed by atoms with Crippen molar-refractivity contribution in [2.24, 2.45) is 0 Å². The molecule has 7 nitrogen and oxygen atoms in total. The molecule has 0 atom stereocenters. The highest BCUT2D eigenvalue weighted by Crippen LogP contribution is 2.29. The van der Waals surface area contributed by atoms with Crippen LogP contribution in [0.4, 0.5) is 5.69 Å². The molecule has 0 aliphatic carbocycles. The maximum absolute atomic E-state index is 12.9. The highest BCUT2D eigenvalue weighted by Gasteiger charge is 2.40. The van der Waals surface area contributed by atoms with E-state index in [4.69, 9.17) is 10.8 Å². The highest BCUT2D eigenvalue weighted by molar-refractivity contribution is 6.32. The van der Waals surface area contributed by atoms with E-state index in [1.165, 1.54) is 18.2 Å². The van der Waals surface area contributed by atoms with E-state index in [0.717, 1.165) is 16.8 Å². The molecule has 3 aromatic carbocycles. The first-order valence-corrected chi connectivity index (χ1v) is 10.7. The molecule has 1 aliphatic heterocycles. The Morgan fingerprint density at radius 1 is 0.912 bits per heavy atom. The third-order valence-electron chi connectivity index (χ3n) is 5.66. The number of amides is 3. The summed E-state index contributed by atoms with van der Waals surface area (Å²) in [6, 6.07) is 22.1. The summed E-state index contributed by atoms with van der Waals surface area (Å²) in [6.45, 7) is 2.00. The lowest BCUT2D eigenvalue weighted by Gasteiger charge is -2.08. The zero-order valence-electron chi connectivity index (χ0n) is 18.3. The van der Waals surface area contributed by atoms with Gasteiger partial charge in [-0.3, -0.25) is 14.4 Å². The van der Waals surface area contributed by atoms with Crippen LogP contribution in [0.5, 0.6) is 0 Å². The van der Waals surface area contributed by atoms with Crippen molar-refractivity contribution in [3.8, 4) is 16.9 Å². The number of carbonyl (C=O) groups excluding carboxylic acids is 3. The molecular formula is C27H20N4O3. The Bertz CT molecular complexity index is 1470. The molecule has 0 unspecified atom stereocenters. The van der Waals surface area contributed by atoms with Gasteiger partial charge in [0.15, 0.2) is 0 Å². The van der Waals surface area contributed by atoms with Crippen molar-refractivity contribution in [1.82, 2.24) is 14.7 Å². The van der Waals surface area contributed by atoms with Crippen LogP contribution >= 0.6 is 0 Å². The average Bonchev–Trinajstić information content (AvgIpc) is 3.38. The Labute approximate surface area is 195 Å². The smallest absolute Gasteiger partial charge is 0.270 e. The van der Waals surface area contributed by atoms with Crippen LogP contribution in [0.1, 0.15) is 31.8 Å². The fourth-order valence-corrected chi connectivity index (χ4v) is 3.91. The summed E-state index contributed by atoms with van der Waals surface area (Å²) in [6.07, 6.45) is 4.58. The first kappa shape index (κ1) is 21.1. The van der Waals surface area contributed by atoms with Gasteiger partial charge in [0.25, 0.3) is 17.7 Å². The van der Waals surface area contributed by atoms with E-state index in [-0.39, 0.29) is 16.8 Å². The van der Waals surface area contributed by atoms with E-state index in [1.807, 2.05) is 61.5 Å². The van der Waals surface area contributed by atoms with Crippen LogP contribution in [-0.4, -0.2) is 32.4 Å². The molecule has 2 heterocycles. The zero-order chi connectivity index (χ0) is 23.8. The lowest BCUT2D eigenvalue weighted by molar-refractivity contribution is -0.121. The van der Waals surface area contributed by atoms with Gasteiger partial charge in [0.1, 0.15) is 0 Å². The molecular weight excluding hydrogens is 428 g/mol. The predicted molar refractivity (Wildman–Crippen MR) is 129 cm³/mol. The lowest BCUT2D eigenvalue weighted by atomic mass is 10.1. The fourth-order valence-electron chi connectivity index (χ4n) is 3.91. The zero-order valence-corrected chi connectivity index (χ0v) is 18.3. The van der Waals surface area contributed by atoms with Crippen LogP contribution in [0.25, 0.3) is 23.0 Å². The van der Waals surface area contributed by atoms with Gasteiger partial charge in [-0.2, -0.15) is 5.10 Å². The van der Waals surface area contributed by atoms with E-state index in [1.54, 1.807) is 23.0 Å². The summed E-state index contributed by atoms with van der Waals surface area (Å²) in [5, 5.41) is 4.72. The predicted octanol–water partition coefficient (Wildman–Crippen LogP) is 4.27. The normalized spacial score (nSPS) is 13.0. The molecule has 4 aromatic rings. The third-order valence-corrected chi connectivity index (χ3v) is 5.66. The number of carbonyl (C=O) groups is 3. The Kier molecular flexibility index (Phi) is 5.14. The van der Waals surface area contributed by atoms with Crippen molar-refractivity contribution >= 4 is 29.5 Å². The minimum Gasteiger partial charge on any atom is -0.398 e. The van der Waals surface area contributed by atoms with Crippen molar-refractivity contribution in [2.45, 2.75) is 6.92 Å². The van der Waals surface area contributed by atoms with Gasteiger partial charge < -0.3 is 5.73 Å². The van der Waals surface area contributed by atoms with Gasteiger partial charge in [-0.25, -0.2) is 9.58 Å². The number of anilines is 1. The van der Waals surface area contributed by atoms with E-state index < -0.39 is 17.7 Å². The van der Waals surface area contributed by atoms with Crippen molar-refractivity contribution in [2.75, 3.05) is 5.73 Å². The van der Waals surface area contributed by atoms with Crippen LogP contribution in [0.2, 0.25) is 0 Å². The summed E-state index contributed by atoms with van der Waals surface area (Å²) < 4.78 is 1.72. The van der Waals surface area contributed by atoms with Crippen molar-refractivity contribution in [3.63, 3.8) is 0 Å². The van der Waals surface area contributed by atoms with Crippen molar-refractivity contribution in [1.29, 1.82) is 0 Å². The highest BCUT2D eigenvalue weighted by atomic mass is 16.2. The van der Waals surface area contributed by atoms with Crippen LogP contribution in [-0.2, 0) is 4.79 Å². The van der Waals surface area contributed by atoms with Crippen LogP contribution in [0, 0.1) is 6.92 Å². The molecule has 1 aliphatic rings. The topological polar surface area (TPSA) is 98.3 Å². The number of aromatic nitrogens is 2. The minimum absolute atomic E-state index is 0.0616. The summed E-state index contributed by atoms with van der Waals surface area (Å²) in [5.74, 6) is -2.14. The molecule has 1 aromatic heterocycles. The molecule has 0 bridgehead atoms. The van der Waals surface area contributed by atoms with E-state index >= 15 is 0 Å². The Balaban J connectivity index is 1.51. The first-order chi connectivity index (χ1) is 16.4. The summed E-state index contributed by atoms with van der Waals surface area (Å²) in [7, 11) is 0. The number of aryl methyl sites for hydroxylation is 1. The number of hydrogen-bond acceptors (Lipinski definition) is 5. The van der Waals surface area contributed by atoms with Gasteiger partial charge in [-0.05, 0) is 37.3 Å². The SMILES string of the molecule is Cc1ccc(-c2nn(-c3ccccc3)cc2/C=C/C(=O)N2C(=O)c3cccc(N)c3C2=O)cc1. The summed E-state index contributed by atoms with van der Waals surface area (Å²) >= 11 is 0. The molecule has 2 N–H and O–H groups in total. The largest absolute Gasteiger partial charge is 0.398 e. The first-order valence-electron chi connectivity index (χ1n) is 10.7. The van der Waals surface area contributed by atoms with Gasteiger partial charge in [0.05, 0.1) is 22.5 Å². The Hall–Kier alpha value is -4.78. The van der Waals surface area contributed by atoms with Gasteiger partial charge in [-0.15, -0.1) is 0 Å². The van der Waals surface area contributed by atoms with Gasteiger partial charge >= 0.3 is 0 Å². The van der Waals surface area contributed by atoms with E-state index in [9.17, 15) is 14.4 Å². The standard InChI is InChI=1S/C27H20N4O3/c1-17-10-12-18(13-11-17)25-19(16-30(29-25)20-6-3-2-4-7-20)14-15-23(32)31-26(33)21-8-5-9-22(28)24(21)27(31)34/h2-16H,28H2,1H3/b15-14+. The van der Waals surface area contributed by atoms with Crippen molar-refractivity contribution < 1.29 is 14.4 Å². The monoisotopic (exact) mass is 448 g/mol. The number of para-hydroxylation sites is 1. The number of hydrogen-bond donors (Lipinski definition) is 1. The minimum atomic E-state index is -0.743. The second-order valence-electron chi connectivity index (χ2n) is 7.97. The number of nitrogens with zero attached hydrogens (tertiary/aromatic N) is 3. The van der Waals surface area contributed by atoms with Gasteiger partial charge in [0, 0.05) is 29.1 Å². The Morgan fingerprint density at radius 2 is 1.65 bits per heavy atom. The second kappa shape index (κ2) is 8.29. The van der Waals surface area contributed by atoms with Crippen molar-refractivity contribution in [3.05, 3.63) is 107 Å². The number of fused-ring (bicyclic) bond motifs is 1. The van der Waals surface area contributed by atoms with Crippen LogP contribution < -0.4 is 5.73 Å². The molecule has 7 heteroatoms. The lowest BCUT2D eigenvalue weighted by Crippen LogP contribution is -2.34. The second-order valence-corrected chi connectivity index (χ2v) is 7.97. The number of nitrogen functional groups attached to an aromatic ring is 1. The van der Waals surface area contributed by atoms with E-state index in [0.29, 0.717) is 16.2 Å².